The van der Waals surface area contributed by atoms with Gasteiger partial charge in [0, 0.05) is 6.54 Å². The van der Waals surface area contributed by atoms with Crippen molar-refractivity contribution in [1.82, 2.24) is 0 Å². The molecule has 1 aromatic rings. The van der Waals surface area contributed by atoms with Crippen molar-refractivity contribution in [3.63, 3.8) is 0 Å². The molecule has 0 spiro atoms. The molecule has 17 heavy (non-hydrogen) atoms. The van der Waals surface area contributed by atoms with Crippen molar-refractivity contribution in [2.75, 3.05) is 6.54 Å². The smallest absolute Gasteiger partial charge is 0.0958 e. The van der Waals surface area contributed by atoms with Gasteiger partial charge in [-0.3, -0.25) is 0 Å². The normalized spacial score (nSPS) is 31.4. The average molecular weight is 253 g/mol. The second-order valence-electron chi connectivity index (χ2n) is 5.31. The summed E-state index contributed by atoms with van der Waals surface area (Å²) in [5.41, 5.74) is 7.06. The van der Waals surface area contributed by atoms with Gasteiger partial charge in [-0.05, 0) is 53.5 Å². The van der Waals surface area contributed by atoms with Crippen LogP contribution in [-0.4, -0.2) is 12.6 Å². The van der Waals surface area contributed by atoms with E-state index in [0.29, 0.717) is 12.6 Å². The third kappa shape index (κ3) is 3.30. The number of hydrogen-bond acceptors (Lipinski definition) is 3. The molecule has 3 heteroatoms. The van der Waals surface area contributed by atoms with E-state index in [-0.39, 0.29) is 6.10 Å². The highest BCUT2D eigenvalue weighted by Crippen LogP contribution is 2.33. The molecule has 0 amide bonds. The Labute approximate surface area is 108 Å². The topological polar surface area (TPSA) is 35.2 Å². The summed E-state index contributed by atoms with van der Waals surface area (Å²) in [6.07, 6.45) is 4.14. The molecule has 1 aliphatic rings. The highest BCUT2D eigenvalue weighted by atomic mass is 32.1. The quantitative estimate of drug-likeness (QED) is 0.890. The Bertz CT molecular complexity index is 325. The fraction of sp³-hybridized carbons (Fsp3) is 0.714. The van der Waals surface area contributed by atoms with Crippen molar-refractivity contribution in [1.29, 1.82) is 0 Å². The Morgan fingerprint density at radius 2 is 2.24 bits per heavy atom. The van der Waals surface area contributed by atoms with Crippen molar-refractivity contribution >= 4 is 11.3 Å². The number of thiophene rings is 1. The maximum atomic E-state index is 6.19. The van der Waals surface area contributed by atoms with Crippen LogP contribution < -0.4 is 5.73 Å². The summed E-state index contributed by atoms with van der Waals surface area (Å²) in [5.74, 6) is 1.61. The summed E-state index contributed by atoms with van der Waals surface area (Å²) < 4.78 is 6.19. The maximum absolute atomic E-state index is 6.19. The third-order valence-corrected chi connectivity index (χ3v) is 4.74. The van der Waals surface area contributed by atoms with Gasteiger partial charge in [0.1, 0.15) is 0 Å². The zero-order valence-corrected chi connectivity index (χ0v) is 11.6. The van der Waals surface area contributed by atoms with Crippen LogP contribution in [0.2, 0.25) is 0 Å². The molecule has 4 unspecified atom stereocenters. The first-order chi connectivity index (χ1) is 8.20. The van der Waals surface area contributed by atoms with Crippen molar-refractivity contribution in [2.45, 2.75) is 45.3 Å². The van der Waals surface area contributed by atoms with E-state index in [9.17, 15) is 0 Å². The van der Waals surface area contributed by atoms with Crippen LogP contribution in [0.15, 0.2) is 16.8 Å². The molecule has 0 bridgehead atoms. The molecular formula is C14H23NOS. The summed E-state index contributed by atoms with van der Waals surface area (Å²) in [5, 5.41) is 4.24. The minimum Gasteiger partial charge on any atom is -0.369 e. The van der Waals surface area contributed by atoms with E-state index in [1.807, 2.05) is 0 Å². The van der Waals surface area contributed by atoms with Crippen LogP contribution in [0.1, 0.15) is 44.8 Å². The summed E-state index contributed by atoms with van der Waals surface area (Å²) in [6.45, 7) is 5.26. The van der Waals surface area contributed by atoms with Crippen LogP contribution in [0.5, 0.6) is 0 Å². The maximum Gasteiger partial charge on any atom is 0.0958 e. The van der Waals surface area contributed by atoms with Crippen molar-refractivity contribution in [3.05, 3.63) is 22.4 Å². The van der Waals surface area contributed by atoms with Gasteiger partial charge in [0.15, 0.2) is 0 Å². The molecular weight excluding hydrogens is 230 g/mol. The monoisotopic (exact) mass is 253 g/mol. The first kappa shape index (κ1) is 13.1. The standard InChI is InChI=1S/C14H23NOS/c1-10-3-4-13(7-11(10)2)16-14(8-15)12-5-6-17-9-12/h5-6,9-11,13-14H,3-4,7-8,15H2,1-2H3. The number of nitrogens with two attached hydrogens (primary N) is 1. The van der Waals surface area contributed by atoms with Gasteiger partial charge in [-0.1, -0.05) is 13.8 Å². The summed E-state index contributed by atoms with van der Waals surface area (Å²) in [7, 11) is 0. The van der Waals surface area contributed by atoms with E-state index in [1.54, 1.807) is 11.3 Å². The lowest BCUT2D eigenvalue weighted by Gasteiger charge is -2.34. The van der Waals surface area contributed by atoms with Gasteiger partial charge >= 0.3 is 0 Å². The molecule has 2 N–H and O–H groups in total. The lowest BCUT2D eigenvalue weighted by atomic mass is 9.80. The van der Waals surface area contributed by atoms with E-state index in [2.05, 4.69) is 30.7 Å². The van der Waals surface area contributed by atoms with Crippen LogP contribution in [0.3, 0.4) is 0 Å². The predicted molar refractivity (Wildman–Crippen MR) is 73.2 cm³/mol. The molecule has 1 fully saturated rings. The molecule has 2 rings (SSSR count). The molecule has 1 aromatic heterocycles. The summed E-state index contributed by atoms with van der Waals surface area (Å²) in [4.78, 5) is 0. The Hall–Kier alpha value is -0.380. The molecule has 0 saturated heterocycles. The van der Waals surface area contributed by atoms with E-state index < -0.39 is 0 Å². The zero-order valence-electron chi connectivity index (χ0n) is 10.8. The molecule has 4 atom stereocenters. The Balaban J connectivity index is 1.91. The van der Waals surface area contributed by atoms with Gasteiger partial charge in [0.2, 0.25) is 0 Å². The first-order valence-corrected chi connectivity index (χ1v) is 7.52. The van der Waals surface area contributed by atoms with Gasteiger partial charge in [0.25, 0.3) is 0 Å². The minimum atomic E-state index is 0.0897. The molecule has 2 nitrogen and oxygen atoms in total. The third-order valence-electron chi connectivity index (χ3n) is 4.04. The van der Waals surface area contributed by atoms with E-state index >= 15 is 0 Å². The van der Waals surface area contributed by atoms with Crippen molar-refractivity contribution in [3.8, 4) is 0 Å². The highest BCUT2D eigenvalue weighted by Gasteiger charge is 2.27. The zero-order chi connectivity index (χ0) is 12.3. The van der Waals surface area contributed by atoms with Gasteiger partial charge in [-0.2, -0.15) is 11.3 Å². The fourth-order valence-electron chi connectivity index (χ4n) is 2.58. The predicted octanol–water partition coefficient (Wildman–Crippen LogP) is 3.59. The first-order valence-electron chi connectivity index (χ1n) is 6.58. The molecule has 0 radical (unpaired) electrons. The number of rotatable bonds is 4. The van der Waals surface area contributed by atoms with Crippen molar-refractivity contribution in [2.24, 2.45) is 17.6 Å². The number of ether oxygens (including phenoxy) is 1. The largest absolute Gasteiger partial charge is 0.369 e. The van der Waals surface area contributed by atoms with Crippen LogP contribution in [0, 0.1) is 11.8 Å². The molecule has 0 aliphatic heterocycles. The average Bonchev–Trinajstić information content (AvgIpc) is 2.84. The summed E-state index contributed by atoms with van der Waals surface area (Å²) >= 11 is 1.71. The van der Waals surface area contributed by atoms with Crippen LogP contribution in [0.25, 0.3) is 0 Å². The van der Waals surface area contributed by atoms with E-state index in [1.165, 1.54) is 24.8 Å². The molecule has 1 saturated carbocycles. The second kappa shape index (κ2) is 5.98. The van der Waals surface area contributed by atoms with Gasteiger partial charge in [-0.25, -0.2) is 0 Å². The molecule has 0 aromatic carbocycles. The van der Waals surface area contributed by atoms with Crippen LogP contribution in [-0.2, 0) is 4.74 Å². The van der Waals surface area contributed by atoms with E-state index in [0.717, 1.165) is 11.8 Å². The van der Waals surface area contributed by atoms with Crippen LogP contribution >= 0.6 is 11.3 Å². The highest BCUT2D eigenvalue weighted by molar-refractivity contribution is 7.07. The fourth-order valence-corrected chi connectivity index (χ4v) is 3.28. The Kier molecular flexibility index (Phi) is 4.60. The SMILES string of the molecule is CC1CCC(OC(CN)c2ccsc2)CC1C. The van der Waals surface area contributed by atoms with E-state index in [4.69, 9.17) is 10.5 Å². The van der Waals surface area contributed by atoms with Gasteiger partial charge in [-0.15, -0.1) is 0 Å². The lowest BCUT2D eigenvalue weighted by molar-refractivity contribution is -0.0447. The molecule has 1 heterocycles. The Morgan fingerprint density at radius 1 is 1.41 bits per heavy atom. The van der Waals surface area contributed by atoms with Gasteiger partial charge in [0.05, 0.1) is 12.2 Å². The second-order valence-corrected chi connectivity index (χ2v) is 6.09. The van der Waals surface area contributed by atoms with Crippen molar-refractivity contribution < 1.29 is 4.74 Å². The molecule has 96 valence electrons. The Morgan fingerprint density at radius 3 is 2.82 bits per heavy atom. The van der Waals surface area contributed by atoms with Crippen LogP contribution in [0.4, 0.5) is 0 Å². The minimum absolute atomic E-state index is 0.0897. The van der Waals surface area contributed by atoms with Gasteiger partial charge < -0.3 is 10.5 Å². The lowest BCUT2D eigenvalue weighted by Crippen LogP contribution is -2.29. The number of hydrogen-bond donors (Lipinski definition) is 1. The molecule has 1 aliphatic carbocycles. The summed E-state index contributed by atoms with van der Waals surface area (Å²) in [6, 6.07) is 2.12.